The standard InChI is InChI=1S/C24H26F4N6O2/c1-24(2,3)36-23(35)34-10-13(25)7-14(11-34)31-22-30-9-19-20(33-22)15(21(27)28)8-18(32-19)12-4-5-17(29)16(26)6-12/h4-6,8-9,13-14,21H,7,10-11,29H2,1-3H3,(H,30,31,33)/t13-,14-/m0/s1. The first-order chi connectivity index (χ1) is 16.9. The zero-order chi connectivity index (χ0) is 26.2. The number of anilines is 2. The summed E-state index contributed by atoms with van der Waals surface area (Å²) >= 11 is 0. The summed E-state index contributed by atoms with van der Waals surface area (Å²) in [6.07, 6.45) is -3.53. The van der Waals surface area contributed by atoms with Gasteiger partial charge in [0.25, 0.3) is 6.43 Å². The van der Waals surface area contributed by atoms with Crippen LogP contribution >= 0.6 is 0 Å². The topological polar surface area (TPSA) is 106 Å². The van der Waals surface area contributed by atoms with Crippen LogP contribution in [0.2, 0.25) is 0 Å². The Kier molecular flexibility index (Phi) is 6.87. The maximum atomic E-state index is 14.4. The first-order valence-corrected chi connectivity index (χ1v) is 11.3. The summed E-state index contributed by atoms with van der Waals surface area (Å²) in [6.45, 7) is 5.15. The van der Waals surface area contributed by atoms with Crippen LogP contribution in [-0.4, -0.2) is 56.8 Å². The molecule has 192 valence electrons. The number of piperidine rings is 1. The maximum absolute atomic E-state index is 14.4. The minimum Gasteiger partial charge on any atom is -0.444 e. The van der Waals surface area contributed by atoms with Crippen molar-refractivity contribution < 1.29 is 27.1 Å². The number of halogens is 4. The van der Waals surface area contributed by atoms with Crippen molar-refractivity contribution in [1.29, 1.82) is 0 Å². The molecule has 1 aromatic carbocycles. The Morgan fingerprint density at radius 2 is 1.97 bits per heavy atom. The predicted molar refractivity (Wildman–Crippen MR) is 127 cm³/mol. The molecule has 36 heavy (non-hydrogen) atoms. The van der Waals surface area contributed by atoms with E-state index in [1.165, 1.54) is 23.2 Å². The molecule has 0 saturated carbocycles. The number of amides is 1. The second kappa shape index (κ2) is 9.75. The minimum absolute atomic E-state index is 0.0132. The van der Waals surface area contributed by atoms with E-state index in [1.54, 1.807) is 20.8 Å². The summed E-state index contributed by atoms with van der Waals surface area (Å²) in [7, 11) is 0. The van der Waals surface area contributed by atoms with E-state index < -0.39 is 41.7 Å². The molecule has 0 bridgehead atoms. The first kappa shape index (κ1) is 25.4. The number of hydrogen-bond acceptors (Lipinski definition) is 7. The number of benzene rings is 1. The van der Waals surface area contributed by atoms with Gasteiger partial charge in [0.05, 0.1) is 24.1 Å². The zero-order valence-corrected chi connectivity index (χ0v) is 19.9. The maximum Gasteiger partial charge on any atom is 0.410 e. The van der Waals surface area contributed by atoms with Gasteiger partial charge in [0.2, 0.25) is 5.95 Å². The summed E-state index contributed by atoms with van der Waals surface area (Å²) in [5.41, 5.74) is 4.63. The molecule has 1 saturated heterocycles. The Labute approximate surface area is 204 Å². The van der Waals surface area contributed by atoms with Gasteiger partial charge < -0.3 is 20.7 Å². The SMILES string of the molecule is CC(C)(C)OC(=O)N1C[C@@H](F)C[C@H](Nc2ncc3nc(-c4ccc(N)c(F)c4)cc(C(F)F)c3n2)C1. The molecule has 8 nitrogen and oxygen atoms in total. The molecular weight excluding hydrogens is 480 g/mol. The smallest absolute Gasteiger partial charge is 0.410 e. The van der Waals surface area contributed by atoms with E-state index in [-0.39, 0.29) is 53.4 Å². The van der Waals surface area contributed by atoms with Crippen LogP contribution in [0, 0.1) is 5.82 Å². The number of ether oxygens (including phenoxy) is 1. The Bertz CT molecular complexity index is 1280. The van der Waals surface area contributed by atoms with Crippen LogP contribution in [0.25, 0.3) is 22.3 Å². The molecule has 3 heterocycles. The quantitative estimate of drug-likeness (QED) is 0.374. The number of carbonyl (C=O) groups excluding carboxylic acids is 1. The minimum atomic E-state index is -2.90. The van der Waals surface area contributed by atoms with Gasteiger partial charge in [-0.3, -0.25) is 0 Å². The van der Waals surface area contributed by atoms with Gasteiger partial charge in [-0.2, -0.15) is 0 Å². The number of aromatic nitrogens is 3. The molecular formula is C24H26F4N6O2. The van der Waals surface area contributed by atoms with Crippen LogP contribution in [0.4, 0.5) is 34.0 Å². The van der Waals surface area contributed by atoms with E-state index in [0.29, 0.717) is 0 Å². The van der Waals surface area contributed by atoms with Crippen molar-refractivity contribution >= 4 is 28.8 Å². The number of likely N-dealkylation sites (tertiary alicyclic amines) is 1. The van der Waals surface area contributed by atoms with Crippen LogP contribution in [0.3, 0.4) is 0 Å². The molecule has 12 heteroatoms. The fraction of sp³-hybridized carbons (Fsp3) is 0.417. The second-order valence-electron chi connectivity index (χ2n) is 9.62. The number of nitrogens with zero attached hydrogens (tertiary/aromatic N) is 4. The normalized spacial score (nSPS) is 18.5. The molecule has 0 spiro atoms. The molecule has 1 aliphatic heterocycles. The monoisotopic (exact) mass is 506 g/mol. The number of alkyl halides is 3. The lowest BCUT2D eigenvalue weighted by atomic mass is 10.0. The van der Waals surface area contributed by atoms with Gasteiger partial charge >= 0.3 is 6.09 Å². The molecule has 1 amide bonds. The molecule has 0 aliphatic carbocycles. The number of hydrogen-bond donors (Lipinski definition) is 2. The molecule has 4 rings (SSSR count). The van der Waals surface area contributed by atoms with Crippen LogP contribution in [0.5, 0.6) is 0 Å². The number of carbonyl (C=O) groups is 1. The average Bonchev–Trinajstić information content (AvgIpc) is 2.78. The van der Waals surface area contributed by atoms with Gasteiger partial charge in [-0.25, -0.2) is 37.3 Å². The third-order valence-electron chi connectivity index (χ3n) is 5.49. The Morgan fingerprint density at radius 3 is 2.64 bits per heavy atom. The summed E-state index contributed by atoms with van der Waals surface area (Å²) in [5, 5.41) is 2.93. The fourth-order valence-corrected chi connectivity index (χ4v) is 3.92. The predicted octanol–water partition coefficient (Wildman–Crippen LogP) is 5.11. The van der Waals surface area contributed by atoms with Crippen molar-refractivity contribution in [3.8, 4) is 11.3 Å². The lowest BCUT2D eigenvalue weighted by molar-refractivity contribution is 0.0124. The number of nitrogens with one attached hydrogen (secondary N) is 1. The highest BCUT2D eigenvalue weighted by molar-refractivity contribution is 5.82. The molecule has 2 atom stereocenters. The lowest BCUT2D eigenvalue weighted by Gasteiger charge is -2.36. The number of pyridine rings is 1. The van der Waals surface area contributed by atoms with Crippen LogP contribution in [-0.2, 0) is 4.74 Å². The highest BCUT2D eigenvalue weighted by atomic mass is 19.3. The van der Waals surface area contributed by atoms with Crippen molar-refractivity contribution in [2.24, 2.45) is 0 Å². The molecule has 1 fully saturated rings. The van der Waals surface area contributed by atoms with Gasteiger partial charge in [-0.1, -0.05) is 6.07 Å². The van der Waals surface area contributed by atoms with E-state index in [2.05, 4.69) is 20.3 Å². The molecule has 2 aromatic heterocycles. The number of nitrogens with two attached hydrogens (primary N) is 1. The van der Waals surface area contributed by atoms with Crippen molar-refractivity contribution in [3.63, 3.8) is 0 Å². The van der Waals surface area contributed by atoms with Gasteiger partial charge in [0, 0.05) is 30.1 Å². The third-order valence-corrected chi connectivity index (χ3v) is 5.49. The largest absolute Gasteiger partial charge is 0.444 e. The Morgan fingerprint density at radius 1 is 1.22 bits per heavy atom. The number of fused-ring (bicyclic) bond motifs is 1. The van der Waals surface area contributed by atoms with Gasteiger partial charge in [-0.15, -0.1) is 0 Å². The first-order valence-electron chi connectivity index (χ1n) is 11.3. The third kappa shape index (κ3) is 5.74. The Hall–Kier alpha value is -3.70. The molecule has 0 radical (unpaired) electrons. The van der Waals surface area contributed by atoms with Gasteiger partial charge in [-0.05, 0) is 39.0 Å². The molecule has 0 unspecified atom stereocenters. The van der Waals surface area contributed by atoms with Gasteiger partial charge in [0.15, 0.2) is 0 Å². The molecule has 3 aromatic rings. The summed E-state index contributed by atoms with van der Waals surface area (Å²) < 4.78 is 61.5. The van der Waals surface area contributed by atoms with E-state index >= 15 is 0 Å². The van der Waals surface area contributed by atoms with Crippen LogP contribution in [0.1, 0.15) is 39.2 Å². The van der Waals surface area contributed by atoms with Crippen LogP contribution in [0.15, 0.2) is 30.5 Å². The number of rotatable bonds is 4. The summed E-state index contributed by atoms with van der Waals surface area (Å²) in [5.74, 6) is -0.705. The lowest BCUT2D eigenvalue weighted by Crippen LogP contribution is -2.51. The molecule has 1 aliphatic rings. The van der Waals surface area contributed by atoms with E-state index in [0.717, 1.165) is 12.1 Å². The second-order valence-corrected chi connectivity index (χ2v) is 9.62. The average molecular weight is 507 g/mol. The summed E-state index contributed by atoms with van der Waals surface area (Å²) in [4.78, 5) is 26.3. The highest BCUT2D eigenvalue weighted by Crippen LogP contribution is 2.31. The number of nitrogen functional groups attached to an aromatic ring is 1. The Balaban J connectivity index is 1.60. The van der Waals surface area contributed by atoms with Crippen molar-refractivity contribution in [3.05, 3.63) is 41.8 Å². The van der Waals surface area contributed by atoms with E-state index in [9.17, 15) is 22.4 Å². The van der Waals surface area contributed by atoms with Crippen molar-refractivity contribution in [1.82, 2.24) is 19.9 Å². The van der Waals surface area contributed by atoms with Gasteiger partial charge in [0.1, 0.15) is 28.6 Å². The van der Waals surface area contributed by atoms with Crippen molar-refractivity contribution in [2.45, 2.75) is 51.4 Å². The summed E-state index contributed by atoms with van der Waals surface area (Å²) in [6, 6.07) is 4.48. The van der Waals surface area contributed by atoms with E-state index in [4.69, 9.17) is 10.5 Å². The van der Waals surface area contributed by atoms with E-state index in [1.807, 2.05) is 0 Å². The van der Waals surface area contributed by atoms with Crippen LogP contribution < -0.4 is 11.1 Å². The molecule has 3 N–H and O–H groups in total. The highest BCUT2D eigenvalue weighted by Gasteiger charge is 2.33. The fourth-order valence-electron chi connectivity index (χ4n) is 3.92. The van der Waals surface area contributed by atoms with Crippen molar-refractivity contribution in [2.75, 3.05) is 24.1 Å². The zero-order valence-electron chi connectivity index (χ0n) is 19.9.